The van der Waals surface area contributed by atoms with Crippen LogP contribution in [0.3, 0.4) is 0 Å². The molecule has 0 saturated carbocycles. The standard InChI is InChI=1S/C75H120N4O14S2/c1-8-12-14-16-18-19-20-21-22-23-24-25-27-31-35-39-70(82)92-64-45-41-62(42-46-64)55-72(84)88-51-53-90-74(86)66(76-68(80)57-78(6)49-10-3)59-94-95-60-67(77-69(81)58-79(7)50-11-4)75(87)91-54-52-89-73(85)56-63-43-47-65(48-44-63)93-71(83)40-36-32-28-30-34-38-61(5)37-33-29-26-17-15-13-9-2/h21-22,37,41-48,66-67H,8-20,23-36,38-40,49-60H2,1-7H3,(H,76,80)(H,77,81)/b22-21-,61-37-. The van der Waals surface area contributed by atoms with Crippen LogP contribution in [0, 0.1) is 0 Å². The molecule has 20 heteroatoms. The fraction of sp³-hybridized carbons (Fsp3) is 0.680. The van der Waals surface area contributed by atoms with E-state index in [0.29, 0.717) is 48.6 Å². The number of likely N-dealkylation sites (N-methyl/N-ethyl adjacent to an activating group) is 2. The van der Waals surface area contributed by atoms with Crippen LogP contribution in [0.15, 0.2) is 72.3 Å². The Balaban J connectivity index is 1.79. The number of unbranched alkanes of at least 4 members (excludes halogenated alkanes) is 21. The first-order valence-corrected chi connectivity index (χ1v) is 38.3. The van der Waals surface area contributed by atoms with Gasteiger partial charge in [-0.05, 0) is 147 Å². The Morgan fingerprint density at radius 3 is 1.16 bits per heavy atom. The molecule has 0 saturated heterocycles. The summed E-state index contributed by atoms with van der Waals surface area (Å²) in [6, 6.07) is 11.1. The molecule has 0 radical (unpaired) electrons. The molecule has 2 amide bonds. The third kappa shape index (κ3) is 47.8. The molecule has 0 spiro atoms. The van der Waals surface area contributed by atoms with Gasteiger partial charge >= 0.3 is 35.8 Å². The smallest absolute Gasteiger partial charge is 0.329 e. The molecular weight excluding hydrogens is 1240 g/mol. The Labute approximate surface area is 578 Å². The molecule has 0 bridgehead atoms. The Morgan fingerprint density at radius 1 is 0.421 bits per heavy atom. The van der Waals surface area contributed by atoms with Gasteiger partial charge in [0.25, 0.3) is 0 Å². The summed E-state index contributed by atoms with van der Waals surface area (Å²) in [5.41, 5.74) is 2.76. The van der Waals surface area contributed by atoms with Gasteiger partial charge in [0.1, 0.15) is 50.0 Å². The van der Waals surface area contributed by atoms with Crippen molar-refractivity contribution >= 4 is 69.2 Å². The number of carbonyl (C=O) groups is 8. The zero-order valence-corrected chi connectivity index (χ0v) is 60.8. The molecule has 2 aromatic rings. The number of nitrogens with zero attached hydrogens (tertiary/aromatic N) is 2. The van der Waals surface area contributed by atoms with Gasteiger partial charge in [-0.1, -0.05) is 200 Å². The molecule has 0 heterocycles. The summed E-state index contributed by atoms with van der Waals surface area (Å²) in [4.78, 5) is 107. The van der Waals surface area contributed by atoms with Crippen LogP contribution >= 0.6 is 21.6 Å². The lowest BCUT2D eigenvalue weighted by Crippen LogP contribution is -2.47. The number of benzene rings is 2. The number of ether oxygens (including phenoxy) is 6. The number of amides is 2. The maximum absolute atomic E-state index is 13.5. The monoisotopic (exact) mass is 1360 g/mol. The minimum Gasteiger partial charge on any atom is -0.462 e. The Kier molecular flexibility index (Phi) is 51.6. The molecule has 2 atom stereocenters. The van der Waals surface area contributed by atoms with E-state index in [0.717, 1.165) is 83.5 Å². The van der Waals surface area contributed by atoms with Gasteiger partial charge in [0.15, 0.2) is 0 Å². The summed E-state index contributed by atoms with van der Waals surface area (Å²) in [5.74, 6) is -3.22. The van der Waals surface area contributed by atoms with Gasteiger partial charge in [-0.25, -0.2) is 9.59 Å². The fourth-order valence-corrected chi connectivity index (χ4v) is 12.6. The third-order valence-electron chi connectivity index (χ3n) is 15.7. The molecule has 0 fully saturated rings. The molecule has 0 aromatic heterocycles. The van der Waals surface area contributed by atoms with Gasteiger partial charge in [0, 0.05) is 24.3 Å². The van der Waals surface area contributed by atoms with E-state index in [1.165, 1.54) is 123 Å². The van der Waals surface area contributed by atoms with E-state index in [1.807, 2.05) is 23.6 Å². The van der Waals surface area contributed by atoms with Gasteiger partial charge in [-0.15, -0.1) is 0 Å². The second kappa shape index (κ2) is 57.4. The molecule has 0 aliphatic heterocycles. The van der Waals surface area contributed by atoms with Crippen molar-refractivity contribution in [2.45, 2.75) is 252 Å². The van der Waals surface area contributed by atoms with E-state index in [9.17, 15) is 38.4 Å². The SMILES string of the molecule is CCCCCCCC/C=C\CCCCCCCC(=O)Oc1ccc(CC(=O)OCCOC(=O)C(CSSCC(NC(=O)CN(C)CCC)C(=O)OCCOC(=O)Cc2ccc(OC(=O)CCCCCCC/C(C)=C\CCCCCCCC)cc2)NC(=O)CN(C)CCC)cc1. The summed E-state index contributed by atoms with van der Waals surface area (Å²) < 4.78 is 32.7. The van der Waals surface area contributed by atoms with Gasteiger partial charge in [0.2, 0.25) is 11.8 Å². The number of allylic oxidation sites excluding steroid dienone is 4. The van der Waals surface area contributed by atoms with Gasteiger partial charge < -0.3 is 39.1 Å². The predicted octanol–water partition coefficient (Wildman–Crippen LogP) is 15.0. The van der Waals surface area contributed by atoms with Gasteiger partial charge in [-0.3, -0.25) is 38.6 Å². The third-order valence-corrected chi connectivity index (χ3v) is 18.1. The molecule has 2 N–H and O–H groups in total. The van der Waals surface area contributed by atoms with Crippen LogP contribution in [0.4, 0.5) is 0 Å². The highest BCUT2D eigenvalue weighted by molar-refractivity contribution is 8.76. The zero-order valence-electron chi connectivity index (χ0n) is 59.1. The number of rotatable bonds is 59. The van der Waals surface area contributed by atoms with E-state index in [2.05, 4.69) is 49.6 Å². The molecule has 2 unspecified atom stereocenters. The van der Waals surface area contributed by atoms with Crippen LogP contribution in [0.2, 0.25) is 0 Å². The van der Waals surface area contributed by atoms with Crippen molar-refractivity contribution in [3.8, 4) is 11.5 Å². The summed E-state index contributed by atoms with van der Waals surface area (Å²) in [7, 11) is 5.92. The van der Waals surface area contributed by atoms with E-state index in [4.69, 9.17) is 28.4 Å². The Morgan fingerprint density at radius 2 is 0.768 bits per heavy atom. The number of hydrogen-bond acceptors (Lipinski definition) is 18. The van der Waals surface area contributed by atoms with E-state index < -0.39 is 47.8 Å². The van der Waals surface area contributed by atoms with Crippen molar-refractivity contribution in [1.82, 2.24) is 20.4 Å². The van der Waals surface area contributed by atoms with Gasteiger partial charge in [-0.2, -0.15) is 0 Å². The largest absolute Gasteiger partial charge is 0.462 e. The second-order valence-electron chi connectivity index (χ2n) is 24.9. The molecule has 2 aromatic carbocycles. The van der Waals surface area contributed by atoms with Crippen LogP contribution < -0.4 is 20.1 Å². The maximum atomic E-state index is 13.5. The second-order valence-corrected chi connectivity index (χ2v) is 27.4. The van der Waals surface area contributed by atoms with Crippen molar-refractivity contribution in [1.29, 1.82) is 0 Å². The molecular formula is C75H120N4O14S2. The molecule has 536 valence electrons. The van der Waals surface area contributed by atoms with Crippen molar-refractivity contribution in [2.75, 3.05) is 78.2 Å². The molecule has 18 nitrogen and oxygen atoms in total. The first-order valence-electron chi connectivity index (χ1n) is 35.8. The van der Waals surface area contributed by atoms with E-state index in [1.54, 1.807) is 62.6 Å². The number of esters is 6. The predicted molar refractivity (Wildman–Crippen MR) is 383 cm³/mol. The first-order chi connectivity index (χ1) is 46.0. The quantitative estimate of drug-likeness (QED) is 0.0157. The molecule has 0 aliphatic rings. The highest BCUT2D eigenvalue weighted by atomic mass is 33.1. The minimum absolute atomic E-state index is 0.0200. The maximum Gasteiger partial charge on any atom is 0.329 e. The average molecular weight is 1370 g/mol. The summed E-state index contributed by atoms with van der Waals surface area (Å²) >= 11 is 0. The van der Waals surface area contributed by atoms with Crippen LogP contribution in [0.25, 0.3) is 0 Å². The number of hydrogen-bond donors (Lipinski definition) is 2. The lowest BCUT2D eigenvalue weighted by atomic mass is 10.0. The first kappa shape index (κ1) is 85.4. The average Bonchev–Trinajstić information content (AvgIpc) is 1.72. The van der Waals surface area contributed by atoms with E-state index >= 15 is 0 Å². The van der Waals surface area contributed by atoms with Crippen molar-refractivity contribution in [3.05, 3.63) is 83.5 Å². The summed E-state index contributed by atoms with van der Waals surface area (Å²) in [6.45, 7) is 11.0. The topological polar surface area (TPSA) is 222 Å². The highest BCUT2D eigenvalue weighted by Crippen LogP contribution is 2.25. The fourth-order valence-electron chi connectivity index (χ4n) is 10.3. The molecule has 95 heavy (non-hydrogen) atoms. The summed E-state index contributed by atoms with van der Waals surface area (Å²) in [6.07, 6.45) is 39.9. The summed E-state index contributed by atoms with van der Waals surface area (Å²) in [5, 5.41) is 5.49. The van der Waals surface area contributed by atoms with Crippen molar-refractivity contribution in [3.63, 3.8) is 0 Å². The van der Waals surface area contributed by atoms with Gasteiger partial charge in [0.05, 0.1) is 25.9 Å². The van der Waals surface area contributed by atoms with Crippen LogP contribution in [-0.2, 0) is 70.1 Å². The zero-order chi connectivity index (χ0) is 69.4. The van der Waals surface area contributed by atoms with E-state index in [-0.39, 0.29) is 75.8 Å². The van der Waals surface area contributed by atoms with Crippen molar-refractivity contribution in [2.24, 2.45) is 0 Å². The van der Waals surface area contributed by atoms with Crippen LogP contribution in [-0.4, -0.2) is 148 Å². The van der Waals surface area contributed by atoms with Crippen LogP contribution in [0.1, 0.15) is 238 Å². The Hall–Kier alpha value is -5.70. The lowest BCUT2D eigenvalue weighted by Gasteiger charge is -2.21. The molecule has 0 aliphatic carbocycles. The van der Waals surface area contributed by atoms with Crippen molar-refractivity contribution < 1.29 is 66.8 Å². The molecule has 2 rings (SSSR count). The lowest BCUT2D eigenvalue weighted by molar-refractivity contribution is -0.153. The Bertz CT molecular complexity index is 2480. The van der Waals surface area contributed by atoms with Crippen LogP contribution in [0.5, 0.6) is 11.5 Å². The number of nitrogens with one attached hydrogen (secondary N) is 2. The number of carbonyl (C=O) groups excluding carboxylic acids is 8. The highest BCUT2D eigenvalue weighted by Gasteiger charge is 2.27. The minimum atomic E-state index is -1.12. The normalized spacial score (nSPS) is 12.2.